The highest BCUT2D eigenvalue weighted by molar-refractivity contribution is 5.91. The zero-order chi connectivity index (χ0) is 20.8. The number of hydrogen-bond donors (Lipinski definition) is 0. The molecule has 1 aliphatic rings. The van der Waals surface area contributed by atoms with Gasteiger partial charge in [-0.2, -0.15) is 0 Å². The molecule has 0 unspecified atom stereocenters. The molecule has 0 bridgehead atoms. The minimum atomic E-state index is -0.585. The third-order valence-corrected chi connectivity index (χ3v) is 4.85. The number of ether oxygens (including phenoxy) is 1. The van der Waals surface area contributed by atoms with Gasteiger partial charge in [0.25, 0.3) is 5.69 Å². The highest BCUT2D eigenvalue weighted by Crippen LogP contribution is 2.30. The summed E-state index contributed by atoms with van der Waals surface area (Å²) >= 11 is 0. The van der Waals surface area contributed by atoms with Crippen molar-refractivity contribution in [3.63, 3.8) is 0 Å². The van der Waals surface area contributed by atoms with Crippen molar-refractivity contribution < 1.29 is 19.2 Å². The lowest BCUT2D eigenvalue weighted by Crippen LogP contribution is -2.49. The van der Waals surface area contributed by atoms with E-state index in [0.29, 0.717) is 38.3 Å². The molecule has 0 spiro atoms. The summed E-state index contributed by atoms with van der Waals surface area (Å²) in [7, 11) is 0. The zero-order valence-corrected chi connectivity index (χ0v) is 16.2. The van der Waals surface area contributed by atoms with Crippen LogP contribution >= 0.6 is 0 Å². The Labute approximate surface area is 168 Å². The Hall–Kier alpha value is -3.42. The largest absolute Gasteiger partial charge is 0.462 e. The van der Waals surface area contributed by atoms with Crippen LogP contribution < -0.4 is 4.90 Å². The first-order valence-electron chi connectivity index (χ1n) is 9.51. The molecule has 1 aliphatic heterocycles. The first-order chi connectivity index (χ1) is 14.0. The number of nitrogens with zero attached hydrogens (tertiary/aromatic N) is 3. The summed E-state index contributed by atoms with van der Waals surface area (Å²) in [5, 5.41) is 11.5. The van der Waals surface area contributed by atoms with E-state index in [1.54, 1.807) is 17.9 Å². The van der Waals surface area contributed by atoms with Gasteiger partial charge in [0.1, 0.15) is 5.69 Å². The Kier molecular flexibility index (Phi) is 6.43. The molecular formula is C21H23N3O5. The molecule has 1 fully saturated rings. The lowest BCUT2D eigenvalue weighted by atomic mass is 10.1. The number of nitro groups is 1. The second-order valence-corrected chi connectivity index (χ2v) is 6.71. The molecule has 3 rings (SSSR count). The van der Waals surface area contributed by atoms with Crippen molar-refractivity contribution in [3.8, 4) is 0 Å². The average Bonchev–Trinajstić information content (AvgIpc) is 2.74. The Morgan fingerprint density at radius 1 is 1.07 bits per heavy atom. The summed E-state index contributed by atoms with van der Waals surface area (Å²) in [4.78, 5) is 39.1. The predicted molar refractivity (Wildman–Crippen MR) is 108 cm³/mol. The number of esters is 1. The quantitative estimate of drug-likeness (QED) is 0.423. The van der Waals surface area contributed by atoms with Crippen molar-refractivity contribution in [3.05, 3.63) is 69.8 Å². The standard InChI is InChI=1S/C21H23N3O5/c1-2-29-21(26)17-8-9-18(19(15-17)24(27)28)22-10-12-23(13-11-22)20(25)14-16-6-4-3-5-7-16/h3-9,15H,2,10-14H2,1H3. The number of rotatable bonds is 6. The third-order valence-electron chi connectivity index (χ3n) is 4.85. The highest BCUT2D eigenvalue weighted by atomic mass is 16.6. The first kappa shape index (κ1) is 20.3. The fourth-order valence-electron chi connectivity index (χ4n) is 3.36. The van der Waals surface area contributed by atoms with Crippen LogP contribution in [-0.4, -0.2) is 54.5 Å². The lowest BCUT2D eigenvalue weighted by Gasteiger charge is -2.36. The number of piperazine rings is 1. The summed E-state index contributed by atoms with van der Waals surface area (Å²) in [5.74, 6) is -0.540. The smallest absolute Gasteiger partial charge is 0.338 e. The van der Waals surface area contributed by atoms with E-state index in [-0.39, 0.29) is 23.8 Å². The molecule has 2 aromatic carbocycles. The van der Waals surface area contributed by atoms with Gasteiger partial charge in [0.05, 0.1) is 23.5 Å². The maximum absolute atomic E-state index is 12.5. The number of carbonyl (C=O) groups is 2. The Morgan fingerprint density at radius 2 is 1.76 bits per heavy atom. The minimum Gasteiger partial charge on any atom is -0.462 e. The first-order valence-corrected chi connectivity index (χ1v) is 9.51. The van der Waals surface area contributed by atoms with Crippen LogP contribution in [0.2, 0.25) is 0 Å². The van der Waals surface area contributed by atoms with E-state index >= 15 is 0 Å². The zero-order valence-electron chi connectivity index (χ0n) is 16.2. The van der Waals surface area contributed by atoms with Gasteiger partial charge < -0.3 is 14.5 Å². The predicted octanol–water partition coefficient (Wildman–Crippen LogP) is 2.66. The minimum absolute atomic E-state index is 0.0445. The van der Waals surface area contributed by atoms with Gasteiger partial charge in [0.2, 0.25) is 5.91 Å². The van der Waals surface area contributed by atoms with Crippen LogP contribution in [0.3, 0.4) is 0 Å². The van der Waals surface area contributed by atoms with Crippen molar-refractivity contribution in [1.82, 2.24) is 4.90 Å². The molecule has 0 aliphatic carbocycles. The van der Waals surface area contributed by atoms with E-state index in [1.807, 2.05) is 35.2 Å². The molecule has 8 nitrogen and oxygen atoms in total. The van der Waals surface area contributed by atoms with E-state index in [9.17, 15) is 19.7 Å². The maximum Gasteiger partial charge on any atom is 0.338 e. The van der Waals surface area contributed by atoms with Crippen molar-refractivity contribution in [2.75, 3.05) is 37.7 Å². The second-order valence-electron chi connectivity index (χ2n) is 6.71. The number of benzene rings is 2. The van der Waals surface area contributed by atoms with Crippen LogP contribution in [0.1, 0.15) is 22.8 Å². The molecule has 29 heavy (non-hydrogen) atoms. The van der Waals surface area contributed by atoms with E-state index < -0.39 is 10.9 Å². The number of carbonyl (C=O) groups excluding carboxylic acids is 2. The molecule has 0 atom stereocenters. The van der Waals surface area contributed by atoms with Crippen molar-refractivity contribution >= 4 is 23.3 Å². The molecule has 0 saturated carbocycles. The van der Waals surface area contributed by atoms with Crippen molar-refractivity contribution in [2.45, 2.75) is 13.3 Å². The van der Waals surface area contributed by atoms with Crippen LogP contribution in [0.5, 0.6) is 0 Å². The average molecular weight is 397 g/mol. The van der Waals surface area contributed by atoms with E-state index in [4.69, 9.17) is 4.74 Å². The lowest BCUT2D eigenvalue weighted by molar-refractivity contribution is -0.384. The normalized spacial score (nSPS) is 13.8. The summed E-state index contributed by atoms with van der Waals surface area (Å²) in [6.45, 7) is 3.83. The molecular weight excluding hydrogens is 374 g/mol. The maximum atomic E-state index is 12.5. The van der Waals surface area contributed by atoms with Gasteiger partial charge in [-0.1, -0.05) is 30.3 Å². The number of nitro benzene ring substituents is 1. The van der Waals surface area contributed by atoms with E-state index in [0.717, 1.165) is 5.56 Å². The highest BCUT2D eigenvalue weighted by Gasteiger charge is 2.27. The van der Waals surface area contributed by atoms with Crippen LogP contribution in [0, 0.1) is 10.1 Å². The molecule has 0 radical (unpaired) electrons. The summed E-state index contributed by atoms with van der Waals surface area (Å²) in [5.41, 5.74) is 1.42. The fourth-order valence-corrected chi connectivity index (χ4v) is 3.36. The number of anilines is 1. The summed E-state index contributed by atoms with van der Waals surface area (Å²) < 4.78 is 4.92. The van der Waals surface area contributed by atoms with Gasteiger partial charge in [-0.05, 0) is 24.6 Å². The monoisotopic (exact) mass is 397 g/mol. The van der Waals surface area contributed by atoms with Gasteiger partial charge in [0.15, 0.2) is 0 Å². The topological polar surface area (TPSA) is 93.0 Å². The third kappa shape index (κ3) is 4.90. The summed E-state index contributed by atoms with van der Waals surface area (Å²) in [6, 6.07) is 13.9. The fraction of sp³-hybridized carbons (Fsp3) is 0.333. The Morgan fingerprint density at radius 3 is 2.38 bits per heavy atom. The van der Waals surface area contributed by atoms with Crippen molar-refractivity contribution in [2.24, 2.45) is 0 Å². The number of amides is 1. The molecule has 0 N–H and O–H groups in total. The van der Waals surface area contributed by atoms with Crippen LogP contribution in [0.4, 0.5) is 11.4 Å². The Balaban J connectivity index is 1.67. The van der Waals surface area contributed by atoms with Gasteiger partial charge in [-0.15, -0.1) is 0 Å². The molecule has 152 valence electrons. The summed E-state index contributed by atoms with van der Waals surface area (Å²) in [6.07, 6.45) is 0.342. The van der Waals surface area contributed by atoms with Crippen molar-refractivity contribution in [1.29, 1.82) is 0 Å². The van der Waals surface area contributed by atoms with E-state index in [2.05, 4.69) is 0 Å². The van der Waals surface area contributed by atoms with Gasteiger partial charge in [-0.25, -0.2) is 4.79 Å². The van der Waals surface area contributed by atoms with Gasteiger partial charge >= 0.3 is 5.97 Å². The SMILES string of the molecule is CCOC(=O)c1ccc(N2CCN(C(=O)Cc3ccccc3)CC2)c([N+](=O)[O-])c1. The molecule has 2 aromatic rings. The van der Waals surface area contributed by atoms with Gasteiger partial charge in [-0.3, -0.25) is 14.9 Å². The molecule has 1 heterocycles. The molecule has 8 heteroatoms. The molecule has 1 saturated heterocycles. The Bertz CT molecular complexity index is 892. The van der Waals surface area contributed by atoms with Crippen LogP contribution in [0.15, 0.2) is 48.5 Å². The number of hydrogen-bond acceptors (Lipinski definition) is 6. The molecule has 1 amide bonds. The second kappa shape index (κ2) is 9.18. The molecule has 0 aromatic heterocycles. The van der Waals surface area contributed by atoms with Crippen LogP contribution in [-0.2, 0) is 16.0 Å². The van der Waals surface area contributed by atoms with Crippen LogP contribution in [0.25, 0.3) is 0 Å². The van der Waals surface area contributed by atoms with Gasteiger partial charge in [0, 0.05) is 32.2 Å². The van der Waals surface area contributed by atoms with E-state index in [1.165, 1.54) is 12.1 Å².